The van der Waals surface area contributed by atoms with E-state index in [-0.39, 0.29) is 0 Å². The molecule has 4 rings (SSSR count). The molecule has 4 aromatic heterocycles. The number of fused-ring (bicyclic) bond motifs is 1. The average Bonchev–Trinajstić information content (AvgIpc) is 3.36. The first-order chi connectivity index (χ1) is 12.0. The smallest absolute Gasteiger partial charge is 0.332 e. The van der Waals surface area contributed by atoms with Crippen molar-refractivity contribution in [3.05, 3.63) is 50.6 Å². The first-order valence-electron chi connectivity index (χ1n) is 7.49. The predicted molar refractivity (Wildman–Crippen MR) is 91.6 cm³/mol. The van der Waals surface area contributed by atoms with Crippen molar-refractivity contribution in [1.82, 2.24) is 28.9 Å². The molecule has 0 fully saturated rings. The van der Waals surface area contributed by atoms with Crippen LogP contribution in [0.3, 0.4) is 0 Å². The second-order valence-corrected chi connectivity index (χ2v) is 6.58. The first kappa shape index (κ1) is 15.5. The van der Waals surface area contributed by atoms with Crippen LogP contribution in [-0.4, -0.2) is 28.9 Å². The summed E-state index contributed by atoms with van der Waals surface area (Å²) in [4.78, 5) is 29.6. The number of aromatic nitrogens is 6. The Balaban J connectivity index is 1.85. The highest BCUT2D eigenvalue weighted by molar-refractivity contribution is 7.13. The predicted octanol–water partition coefficient (Wildman–Crippen LogP) is 1.15. The van der Waals surface area contributed by atoms with Crippen molar-refractivity contribution in [3.8, 4) is 10.8 Å². The molecule has 0 saturated carbocycles. The SMILES string of the molecule is CC(c1nnc(-c2cccs2)o1)n1cnc2c1c(=O)n(C)c(=O)n2C. The van der Waals surface area contributed by atoms with Gasteiger partial charge in [-0.15, -0.1) is 21.5 Å². The second-order valence-electron chi connectivity index (χ2n) is 5.63. The maximum absolute atomic E-state index is 12.5. The van der Waals surface area contributed by atoms with Gasteiger partial charge in [-0.2, -0.15) is 0 Å². The van der Waals surface area contributed by atoms with Crippen LogP contribution in [0.5, 0.6) is 0 Å². The monoisotopic (exact) mass is 358 g/mol. The molecule has 25 heavy (non-hydrogen) atoms. The lowest BCUT2D eigenvalue weighted by atomic mass is 10.3. The number of hydrogen-bond donors (Lipinski definition) is 0. The molecule has 0 spiro atoms. The number of rotatable bonds is 3. The molecule has 0 amide bonds. The highest BCUT2D eigenvalue weighted by Crippen LogP contribution is 2.26. The Morgan fingerprint density at radius 1 is 1.20 bits per heavy atom. The molecule has 0 bridgehead atoms. The summed E-state index contributed by atoms with van der Waals surface area (Å²) >= 11 is 1.50. The van der Waals surface area contributed by atoms with Crippen molar-refractivity contribution in [1.29, 1.82) is 0 Å². The maximum Gasteiger partial charge on any atom is 0.332 e. The van der Waals surface area contributed by atoms with Crippen molar-refractivity contribution in [3.63, 3.8) is 0 Å². The zero-order valence-corrected chi connectivity index (χ0v) is 14.5. The lowest BCUT2D eigenvalue weighted by Gasteiger charge is -2.10. The molecule has 4 heterocycles. The normalized spacial score (nSPS) is 12.8. The third kappa shape index (κ3) is 2.25. The van der Waals surface area contributed by atoms with Crippen LogP contribution in [0.25, 0.3) is 21.9 Å². The molecule has 0 N–H and O–H groups in total. The molecule has 4 aromatic rings. The molecule has 1 atom stereocenters. The van der Waals surface area contributed by atoms with Crippen molar-refractivity contribution >= 4 is 22.5 Å². The van der Waals surface area contributed by atoms with Gasteiger partial charge in [0.05, 0.1) is 11.2 Å². The third-order valence-corrected chi connectivity index (χ3v) is 4.98. The van der Waals surface area contributed by atoms with Gasteiger partial charge >= 0.3 is 5.69 Å². The first-order valence-corrected chi connectivity index (χ1v) is 8.37. The molecule has 0 aliphatic heterocycles. The van der Waals surface area contributed by atoms with E-state index in [1.54, 1.807) is 11.6 Å². The Bertz CT molecular complexity index is 1180. The molecular formula is C15H14N6O3S. The molecule has 9 nitrogen and oxygen atoms in total. The Labute approximate surface area is 144 Å². The van der Waals surface area contributed by atoms with E-state index in [1.807, 2.05) is 24.4 Å². The molecule has 0 aromatic carbocycles. The number of thiophene rings is 1. The molecule has 0 radical (unpaired) electrons. The fourth-order valence-corrected chi connectivity index (χ4v) is 3.32. The van der Waals surface area contributed by atoms with Gasteiger partial charge in [-0.05, 0) is 18.4 Å². The number of nitrogens with zero attached hydrogens (tertiary/aromatic N) is 6. The van der Waals surface area contributed by atoms with Crippen LogP contribution in [0.15, 0.2) is 37.8 Å². The molecule has 0 saturated heterocycles. The summed E-state index contributed by atoms with van der Waals surface area (Å²) in [7, 11) is 3.02. The van der Waals surface area contributed by atoms with Gasteiger partial charge in [0.1, 0.15) is 6.04 Å². The summed E-state index contributed by atoms with van der Waals surface area (Å²) in [6, 6.07) is 3.39. The highest BCUT2D eigenvalue weighted by Gasteiger charge is 2.22. The Hall–Kier alpha value is -3.01. The summed E-state index contributed by atoms with van der Waals surface area (Å²) < 4.78 is 9.78. The second kappa shape index (κ2) is 5.52. The number of aryl methyl sites for hydroxylation is 1. The van der Waals surface area contributed by atoms with Gasteiger partial charge in [0.25, 0.3) is 11.4 Å². The quantitative estimate of drug-likeness (QED) is 0.545. The third-order valence-electron chi connectivity index (χ3n) is 4.12. The van der Waals surface area contributed by atoms with Gasteiger partial charge in [-0.3, -0.25) is 13.9 Å². The fraction of sp³-hybridized carbons (Fsp3) is 0.267. The van der Waals surface area contributed by atoms with Gasteiger partial charge in [0.15, 0.2) is 11.2 Å². The van der Waals surface area contributed by atoms with E-state index < -0.39 is 17.3 Å². The zero-order chi connectivity index (χ0) is 17.7. The lowest BCUT2D eigenvalue weighted by Crippen LogP contribution is -2.37. The Morgan fingerprint density at radius 3 is 2.72 bits per heavy atom. The molecule has 0 aliphatic carbocycles. The molecule has 128 valence electrons. The molecular weight excluding hydrogens is 344 g/mol. The minimum atomic E-state index is -0.423. The van der Waals surface area contributed by atoms with E-state index in [0.717, 1.165) is 9.44 Å². The minimum Gasteiger partial charge on any atom is -0.418 e. The van der Waals surface area contributed by atoms with Crippen molar-refractivity contribution in [2.75, 3.05) is 0 Å². The number of hydrogen-bond acceptors (Lipinski definition) is 7. The van der Waals surface area contributed by atoms with Crippen LogP contribution >= 0.6 is 11.3 Å². The topological polar surface area (TPSA) is 101 Å². The largest absolute Gasteiger partial charge is 0.418 e. The molecule has 1 unspecified atom stereocenters. The van der Waals surface area contributed by atoms with E-state index in [0.29, 0.717) is 22.9 Å². The van der Waals surface area contributed by atoms with E-state index >= 15 is 0 Å². The zero-order valence-electron chi connectivity index (χ0n) is 13.7. The summed E-state index contributed by atoms with van der Waals surface area (Å²) in [5.74, 6) is 0.792. The molecule has 0 aliphatic rings. The summed E-state index contributed by atoms with van der Waals surface area (Å²) in [6.07, 6.45) is 1.51. The standard InChI is InChI=1S/C15H14N6O3S/c1-8(12-17-18-13(24-12)9-5-4-6-25-9)21-7-16-11-10(21)14(22)20(3)15(23)19(11)2/h4-8H,1-3H3. The van der Waals surface area contributed by atoms with Crippen molar-refractivity contribution in [2.45, 2.75) is 13.0 Å². The van der Waals surface area contributed by atoms with Crippen LogP contribution in [0.1, 0.15) is 18.9 Å². The fourth-order valence-electron chi connectivity index (χ4n) is 2.68. The van der Waals surface area contributed by atoms with Gasteiger partial charge in [-0.1, -0.05) is 6.07 Å². The van der Waals surface area contributed by atoms with Crippen LogP contribution in [-0.2, 0) is 14.1 Å². The summed E-state index contributed by atoms with van der Waals surface area (Å²) in [5, 5.41) is 10.1. The van der Waals surface area contributed by atoms with Crippen molar-refractivity contribution < 1.29 is 4.42 Å². The van der Waals surface area contributed by atoms with Gasteiger partial charge < -0.3 is 8.98 Å². The summed E-state index contributed by atoms with van der Waals surface area (Å²) in [6.45, 7) is 1.83. The van der Waals surface area contributed by atoms with Crippen LogP contribution in [0.2, 0.25) is 0 Å². The van der Waals surface area contributed by atoms with E-state index in [9.17, 15) is 9.59 Å². The Morgan fingerprint density at radius 2 is 2.00 bits per heavy atom. The molecule has 10 heteroatoms. The van der Waals surface area contributed by atoms with E-state index in [4.69, 9.17) is 4.42 Å². The van der Waals surface area contributed by atoms with Gasteiger partial charge in [0, 0.05) is 14.1 Å². The van der Waals surface area contributed by atoms with Crippen molar-refractivity contribution in [2.24, 2.45) is 14.1 Å². The summed E-state index contributed by atoms with van der Waals surface area (Å²) in [5.41, 5.74) is -0.209. The number of imidazole rings is 1. The van der Waals surface area contributed by atoms with Crippen LogP contribution in [0.4, 0.5) is 0 Å². The van der Waals surface area contributed by atoms with Gasteiger partial charge in [0.2, 0.25) is 5.89 Å². The lowest BCUT2D eigenvalue weighted by molar-refractivity contribution is 0.442. The average molecular weight is 358 g/mol. The van der Waals surface area contributed by atoms with Crippen LogP contribution < -0.4 is 11.2 Å². The van der Waals surface area contributed by atoms with Crippen LogP contribution in [0, 0.1) is 0 Å². The van der Waals surface area contributed by atoms with E-state index in [2.05, 4.69) is 15.2 Å². The van der Waals surface area contributed by atoms with E-state index in [1.165, 1.54) is 29.3 Å². The minimum absolute atomic E-state index is 0.313. The maximum atomic E-state index is 12.5. The highest BCUT2D eigenvalue weighted by atomic mass is 32.1. The van der Waals surface area contributed by atoms with Gasteiger partial charge in [-0.25, -0.2) is 9.78 Å². The Kier molecular flexibility index (Phi) is 3.42.